The van der Waals surface area contributed by atoms with Crippen molar-refractivity contribution >= 4 is 23.3 Å². The van der Waals surface area contributed by atoms with Gasteiger partial charge in [0.05, 0.1) is 11.9 Å². The van der Waals surface area contributed by atoms with Crippen LogP contribution in [0.1, 0.15) is 36.2 Å². The number of ketones is 1. The minimum atomic E-state index is -0.933. The maximum atomic E-state index is 12.2. The van der Waals surface area contributed by atoms with Crippen LogP contribution in [0.3, 0.4) is 0 Å². The molecule has 0 saturated carbocycles. The molecule has 1 heterocycles. The molecule has 0 saturated heterocycles. The van der Waals surface area contributed by atoms with Gasteiger partial charge in [0.2, 0.25) is 0 Å². The third-order valence-corrected chi connectivity index (χ3v) is 4.51. The summed E-state index contributed by atoms with van der Waals surface area (Å²) in [5.41, 5.74) is 2.93. The van der Waals surface area contributed by atoms with Crippen molar-refractivity contribution in [3.63, 3.8) is 0 Å². The van der Waals surface area contributed by atoms with Gasteiger partial charge in [0.25, 0.3) is 5.91 Å². The zero-order chi connectivity index (χ0) is 21.5. The van der Waals surface area contributed by atoms with Gasteiger partial charge in [0, 0.05) is 23.9 Å². The first-order valence-electron chi connectivity index (χ1n) is 9.62. The van der Waals surface area contributed by atoms with E-state index in [1.165, 1.54) is 13.8 Å². The van der Waals surface area contributed by atoms with Crippen molar-refractivity contribution in [2.24, 2.45) is 0 Å². The van der Waals surface area contributed by atoms with Crippen LogP contribution in [0.5, 0.6) is 0 Å². The summed E-state index contributed by atoms with van der Waals surface area (Å²) in [6.45, 7) is 2.99. The molecular weight excluding hydrogens is 382 g/mol. The first-order valence-corrected chi connectivity index (χ1v) is 9.62. The van der Waals surface area contributed by atoms with Gasteiger partial charge in [0.1, 0.15) is 0 Å². The first-order chi connectivity index (χ1) is 14.4. The smallest absolute Gasteiger partial charge is 0.306 e. The summed E-state index contributed by atoms with van der Waals surface area (Å²) in [6, 6.07) is 16.2. The Labute approximate surface area is 174 Å². The number of benzene rings is 2. The van der Waals surface area contributed by atoms with Crippen LogP contribution in [0.15, 0.2) is 67.0 Å². The lowest BCUT2D eigenvalue weighted by Crippen LogP contribution is -2.30. The summed E-state index contributed by atoms with van der Waals surface area (Å²) in [7, 11) is 0. The molecule has 30 heavy (non-hydrogen) atoms. The first kappa shape index (κ1) is 21.0. The van der Waals surface area contributed by atoms with E-state index >= 15 is 0 Å². The molecule has 3 aromatic rings. The Morgan fingerprint density at radius 2 is 1.77 bits per heavy atom. The molecule has 1 amide bonds. The van der Waals surface area contributed by atoms with Crippen LogP contribution in [-0.2, 0) is 20.7 Å². The van der Waals surface area contributed by atoms with Crippen molar-refractivity contribution in [2.75, 3.05) is 5.32 Å². The van der Waals surface area contributed by atoms with Gasteiger partial charge >= 0.3 is 5.97 Å². The second kappa shape index (κ2) is 9.65. The summed E-state index contributed by atoms with van der Waals surface area (Å²) in [5, 5.41) is 6.96. The number of Topliss-reactive ketones (excluding diaryl/α,β-unsaturated/α-hetero) is 1. The highest BCUT2D eigenvalue weighted by atomic mass is 16.5. The number of amides is 1. The highest BCUT2D eigenvalue weighted by molar-refractivity contribution is 5.97. The third-order valence-electron chi connectivity index (χ3n) is 4.51. The average molecular weight is 405 g/mol. The molecule has 1 aromatic heterocycles. The zero-order valence-electron chi connectivity index (χ0n) is 16.9. The molecule has 0 aliphatic carbocycles. The summed E-state index contributed by atoms with van der Waals surface area (Å²) < 4.78 is 6.97. The Kier molecular flexibility index (Phi) is 6.75. The third kappa shape index (κ3) is 5.64. The number of aryl methyl sites for hydroxylation is 1. The lowest BCUT2D eigenvalue weighted by atomic mass is 10.1. The number of aromatic nitrogens is 2. The molecule has 0 radical (unpaired) electrons. The highest BCUT2D eigenvalue weighted by Crippen LogP contribution is 2.12. The van der Waals surface area contributed by atoms with Crippen molar-refractivity contribution < 1.29 is 19.1 Å². The lowest BCUT2D eigenvalue weighted by Gasteiger charge is -2.13. The Balaban J connectivity index is 1.46. The Morgan fingerprint density at radius 1 is 1.07 bits per heavy atom. The van der Waals surface area contributed by atoms with Crippen molar-refractivity contribution in [2.45, 2.75) is 32.8 Å². The molecular formula is C23H23N3O4. The number of para-hydroxylation sites is 1. The number of hydrogen-bond acceptors (Lipinski definition) is 5. The minimum absolute atomic E-state index is 0.0514. The van der Waals surface area contributed by atoms with Gasteiger partial charge in [-0.15, -0.1) is 0 Å². The largest absolute Gasteiger partial charge is 0.453 e. The van der Waals surface area contributed by atoms with Gasteiger partial charge in [-0.25, -0.2) is 4.68 Å². The van der Waals surface area contributed by atoms with Gasteiger partial charge in [-0.3, -0.25) is 14.4 Å². The van der Waals surface area contributed by atoms with Crippen LogP contribution >= 0.6 is 0 Å². The number of esters is 1. The van der Waals surface area contributed by atoms with E-state index < -0.39 is 18.0 Å². The predicted molar refractivity (Wildman–Crippen MR) is 113 cm³/mol. The number of nitrogens with one attached hydrogen (secondary N) is 1. The summed E-state index contributed by atoms with van der Waals surface area (Å²) in [6.07, 6.45) is 3.25. The van der Waals surface area contributed by atoms with Crippen LogP contribution in [0.25, 0.3) is 5.69 Å². The van der Waals surface area contributed by atoms with Crippen LogP contribution in [0, 0.1) is 0 Å². The number of ether oxygens (including phenoxy) is 1. The summed E-state index contributed by atoms with van der Waals surface area (Å²) in [4.78, 5) is 35.6. The summed E-state index contributed by atoms with van der Waals surface area (Å²) >= 11 is 0. The number of carbonyl (C=O) groups excluding carboxylic acids is 3. The van der Waals surface area contributed by atoms with E-state index in [2.05, 4.69) is 10.4 Å². The lowest BCUT2D eigenvalue weighted by molar-refractivity contribution is -0.153. The molecule has 7 heteroatoms. The van der Waals surface area contributed by atoms with E-state index in [4.69, 9.17) is 4.74 Å². The SMILES string of the molecule is CC(=O)c1ccc(NC(=O)C(C)OC(=O)CCc2cnn(-c3ccccc3)c2)cc1. The fourth-order valence-electron chi connectivity index (χ4n) is 2.80. The molecule has 1 N–H and O–H groups in total. The number of hydrogen-bond donors (Lipinski definition) is 1. The van der Waals surface area contributed by atoms with Crippen LogP contribution in [0.2, 0.25) is 0 Å². The topological polar surface area (TPSA) is 90.3 Å². The Bertz CT molecular complexity index is 1030. The fraction of sp³-hybridized carbons (Fsp3) is 0.217. The van der Waals surface area contributed by atoms with E-state index in [1.807, 2.05) is 36.5 Å². The van der Waals surface area contributed by atoms with E-state index in [0.717, 1.165) is 11.3 Å². The molecule has 1 unspecified atom stereocenters. The Hall–Kier alpha value is -3.74. The second-order valence-electron chi connectivity index (χ2n) is 6.88. The second-order valence-corrected chi connectivity index (χ2v) is 6.88. The van der Waals surface area contributed by atoms with Crippen LogP contribution in [0.4, 0.5) is 5.69 Å². The molecule has 1 atom stereocenters. The van der Waals surface area contributed by atoms with Gasteiger partial charge in [0.15, 0.2) is 11.9 Å². The maximum Gasteiger partial charge on any atom is 0.306 e. The number of carbonyl (C=O) groups is 3. The standard InChI is InChI=1S/C23H23N3O4/c1-16(27)19-9-11-20(12-10-19)25-23(29)17(2)30-22(28)13-8-18-14-24-26(15-18)21-6-4-3-5-7-21/h3-7,9-12,14-15,17H,8,13H2,1-2H3,(H,25,29). The zero-order valence-corrected chi connectivity index (χ0v) is 16.9. The van der Waals surface area contributed by atoms with Crippen LogP contribution < -0.4 is 5.32 Å². The Morgan fingerprint density at radius 3 is 2.43 bits per heavy atom. The van der Waals surface area contributed by atoms with E-state index in [0.29, 0.717) is 17.7 Å². The van der Waals surface area contributed by atoms with Crippen molar-refractivity contribution in [1.29, 1.82) is 0 Å². The average Bonchev–Trinajstić information content (AvgIpc) is 3.22. The van der Waals surface area contributed by atoms with Crippen LogP contribution in [-0.4, -0.2) is 33.5 Å². The number of anilines is 1. The molecule has 0 aliphatic rings. The number of rotatable bonds is 8. The summed E-state index contributed by atoms with van der Waals surface area (Å²) in [5.74, 6) is -0.947. The molecule has 3 rings (SSSR count). The van der Waals surface area contributed by atoms with Gasteiger partial charge < -0.3 is 10.1 Å². The van der Waals surface area contributed by atoms with Crippen molar-refractivity contribution in [3.8, 4) is 5.69 Å². The molecule has 0 spiro atoms. The number of nitrogens with zero attached hydrogens (tertiary/aromatic N) is 2. The molecule has 0 bridgehead atoms. The maximum absolute atomic E-state index is 12.2. The quantitative estimate of drug-likeness (QED) is 0.457. The predicted octanol–water partition coefficient (Wildman–Crippen LogP) is 3.58. The van der Waals surface area contributed by atoms with Crippen molar-refractivity contribution in [3.05, 3.63) is 78.1 Å². The molecule has 154 valence electrons. The normalized spacial score (nSPS) is 11.5. The van der Waals surface area contributed by atoms with E-state index in [9.17, 15) is 14.4 Å². The van der Waals surface area contributed by atoms with E-state index in [1.54, 1.807) is 35.1 Å². The molecule has 0 fully saturated rings. The monoisotopic (exact) mass is 405 g/mol. The van der Waals surface area contributed by atoms with Gasteiger partial charge in [-0.1, -0.05) is 18.2 Å². The highest BCUT2D eigenvalue weighted by Gasteiger charge is 2.18. The molecule has 2 aromatic carbocycles. The van der Waals surface area contributed by atoms with Crippen molar-refractivity contribution in [1.82, 2.24) is 9.78 Å². The van der Waals surface area contributed by atoms with Gasteiger partial charge in [-0.2, -0.15) is 5.10 Å². The molecule has 7 nitrogen and oxygen atoms in total. The van der Waals surface area contributed by atoms with Gasteiger partial charge in [-0.05, 0) is 62.2 Å². The fourth-order valence-corrected chi connectivity index (χ4v) is 2.80. The van der Waals surface area contributed by atoms with E-state index in [-0.39, 0.29) is 12.2 Å². The molecule has 0 aliphatic heterocycles. The minimum Gasteiger partial charge on any atom is -0.453 e.